The molecule has 2 rings (SSSR count). The van der Waals surface area contributed by atoms with Gasteiger partial charge in [-0.25, -0.2) is 14.5 Å². The Labute approximate surface area is 88.8 Å². The fourth-order valence-corrected chi connectivity index (χ4v) is 1.75. The Morgan fingerprint density at radius 3 is 3.00 bits per heavy atom. The lowest BCUT2D eigenvalue weighted by atomic mass is 10.6. The average Bonchev–Trinajstić information content (AvgIpc) is 2.84. The summed E-state index contributed by atoms with van der Waals surface area (Å²) in [6.45, 7) is 0. The molecule has 0 spiro atoms. The van der Waals surface area contributed by atoms with Crippen molar-refractivity contribution < 1.29 is 14.6 Å². The molecule has 0 aliphatic heterocycles. The molecule has 0 fully saturated rings. The van der Waals surface area contributed by atoms with E-state index in [9.17, 15) is 4.79 Å². The molecule has 7 heteroatoms. The van der Waals surface area contributed by atoms with Gasteiger partial charge in [0.05, 0.1) is 25.7 Å². The maximum atomic E-state index is 11.1. The predicted octanol–water partition coefficient (Wildman–Crippen LogP) is 0.821. The van der Waals surface area contributed by atoms with Gasteiger partial charge >= 0.3 is 5.97 Å². The fraction of sp³-hybridized carbons (Fsp3) is 0.125. The summed E-state index contributed by atoms with van der Waals surface area (Å²) in [5, 5.41) is 13.4. The molecule has 0 radical (unpaired) electrons. The normalized spacial score (nSPS) is 10.2. The number of hydrogen-bond donors (Lipinski definition) is 1. The first-order chi connectivity index (χ1) is 7.20. The van der Waals surface area contributed by atoms with Crippen LogP contribution >= 0.6 is 11.3 Å². The number of carbonyl (C=O) groups excluding carboxylic acids is 1. The third kappa shape index (κ3) is 1.82. The van der Waals surface area contributed by atoms with E-state index in [1.165, 1.54) is 30.4 Å². The minimum atomic E-state index is -0.435. The van der Waals surface area contributed by atoms with Gasteiger partial charge in [-0.1, -0.05) is 11.3 Å². The quantitative estimate of drug-likeness (QED) is 0.765. The number of thiazole rings is 1. The van der Waals surface area contributed by atoms with Gasteiger partial charge < -0.3 is 9.84 Å². The molecular weight excluding hydrogens is 218 g/mol. The van der Waals surface area contributed by atoms with E-state index in [0.717, 1.165) is 11.3 Å². The number of hydrogen-bond acceptors (Lipinski definition) is 6. The van der Waals surface area contributed by atoms with E-state index in [1.54, 1.807) is 0 Å². The lowest BCUT2D eigenvalue weighted by Crippen LogP contribution is -1.96. The van der Waals surface area contributed by atoms with Crippen LogP contribution in [0.4, 0.5) is 0 Å². The molecule has 0 aliphatic carbocycles. The van der Waals surface area contributed by atoms with Crippen molar-refractivity contribution in [2.45, 2.75) is 0 Å². The van der Waals surface area contributed by atoms with Crippen molar-refractivity contribution in [3.8, 4) is 10.9 Å². The van der Waals surface area contributed by atoms with Gasteiger partial charge in [0, 0.05) is 0 Å². The second-order valence-corrected chi connectivity index (χ2v) is 3.65. The van der Waals surface area contributed by atoms with Crippen LogP contribution in [0.5, 0.6) is 5.75 Å². The molecule has 0 atom stereocenters. The standard InChI is InChI=1S/C8H7N3O3S/c1-14-7(13)6-3-9-8(15-6)11-4-5(12)2-10-11/h2-4,12H,1H3. The molecule has 0 amide bonds. The summed E-state index contributed by atoms with van der Waals surface area (Å²) in [5.41, 5.74) is 0. The summed E-state index contributed by atoms with van der Waals surface area (Å²) < 4.78 is 5.92. The molecule has 2 aromatic heterocycles. The largest absolute Gasteiger partial charge is 0.505 e. The van der Waals surface area contributed by atoms with Crippen molar-refractivity contribution in [1.82, 2.24) is 14.8 Å². The lowest BCUT2D eigenvalue weighted by Gasteiger charge is -1.92. The Balaban J connectivity index is 2.31. The van der Waals surface area contributed by atoms with E-state index in [2.05, 4.69) is 14.8 Å². The van der Waals surface area contributed by atoms with Crippen LogP contribution in [0.25, 0.3) is 5.13 Å². The molecule has 15 heavy (non-hydrogen) atoms. The number of ether oxygens (including phenoxy) is 1. The highest BCUT2D eigenvalue weighted by Crippen LogP contribution is 2.19. The average molecular weight is 225 g/mol. The van der Waals surface area contributed by atoms with Crippen molar-refractivity contribution in [3.05, 3.63) is 23.5 Å². The van der Waals surface area contributed by atoms with Crippen molar-refractivity contribution in [2.75, 3.05) is 7.11 Å². The number of nitrogens with zero attached hydrogens (tertiary/aromatic N) is 3. The molecular formula is C8H7N3O3S. The van der Waals surface area contributed by atoms with Crippen molar-refractivity contribution in [1.29, 1.82) is 0 Å². The first kappa shape index (κ1) is 9.66. The molecule has 0 aromatic carbocycles. The van der Waals surface area contributed by atoms with Crippen LogP contribution in [0, 0.1) is 0 Å². The Bertz CT molecular complexity index is 491. The van der Waals surface area contributed by atoms with Gasteiger partial charge in [-0.05, 0) is 0 Å². The molecule has 1 N–H and O–H groups in total. The molecule has 2 aromatic rings. The van der Waals surface area contributed by atoms with Crippen LogP contribution in [-0.2, 0) is 4.74 Å². The third-order valence-electron chi connectivity index (χ3n) is 1.65. The monoisotopic (exact) mass is 225 g/mol. The van der Waals surface area contributed by atoms with Crippen LogP contribution in [0.1, 0.15) is 9.67 Å². The first-order valence-electron chi connectivity index (χ1n) is 3.99. The van der Waals surface area contributed by atoms with Crippen molar-refractivity contribution >= 4 is 17.3 Å². The fourth-order valence-electron chi connectivity index (χ4n) is 0.984. The van der Waals surface area contributed by atoms with E-state index in [4.69, 9.17) is 5.11 Å². The van der Waals surface area contributed by atoms with Crippen molar-refractivity contribution in [3.63, 3.8) is 0 Å². The maximum Gasteiger partial charge on any atom is 0.349 e. The molecule has 0 bridgehead atoms. The van der Waals surface area contributed by atoms with E-state index < -0.39 is 5.97 Å². The van der Waals surface area contributed by atoms with Crippen molar-refractivity contribution in [2.24, 2.45) is 0 Å². The summed E-state index contributed by atoms with van der Waals surface area (Å²) in [4.78, 5) is 15.5. The lowest BCUT2D eigenvalue weighted by molar-refractivity contribution is 0.0606. The summed E-state index contributed by atoms with van der Waals surface area (Å²) in [6.07, 6.45) is 4.10. The summed E-state index contributed by atoms with van der Waals surface area (Å²) >= 11 is 1.14. The van der Waals surface area contributed by atoms with Gasteiger partial charge in [0.25, 0.3) is 0 Å². The van der Waals surface area contributed by atoms with E-state index >= 15 is 0 Å². The van der Waals surface area contributed by atoms with Gasteiger partial charge in [-0.3, -0.25) is 0 Å². The first-order valence-corrected chi connectivity index (χ1v) is 4.80. The van der Waals surface area contributed by atoms with Gasteiger partial charge in [0.15, 0.2) is 5.75 Å². The highest BCUT2D eigenvalue weighted by molar-refractivity contribution is 7.15. The zero-order chi connectivity index (χ0) is 10.8. The van der Waals surface area contributed by atoms with Gasteiger partial charge in [-0.15, -0.1) is 0 Å². The highest BCUT2D eigenvalue weighted by Gasteiger charge is 2.12. The molecule has 6 nitrogen and oxygen atoms in total. The van der Waals surface area contributed by atoms with Gasteiger partial charge in [0.2, 0.25) is 5.13 Å². The summed E-state index contributed by atoms with van der Waals surface area (Å²) in [7, 11) is 1.31. The van der Waals surface area contributed by atoms with Crippen LogP contribution in [0.3, 0.4) is 0 Å². The van der Waals surface area contributed by atoms with E-state index in [1.807, 2.05) is 0 Å². The van der Waals surface area contributed by atoms with Crippen LogP contribution in [-0.4, -0.2) is 33.0 Å². The van der Waals surface area contributed by atoms with E-state index in [0.29, 0.717) is 10.0 Å². The van der Waals surface area contributed by atoms with Gasteiger partial charge in [-0.2, -0.15) is 5.10 Å². The third-order valence-corrected chi connectivity index (χ3v) is 2.61. The Hall–Kier alpha value is -1.89. The highest BCUT2D eigenvalue weighted by atomic mass is 32.1. The zero-order valence-corrected chi connectivity index (χ0v) is 8.56. The smallest absolute Gasteiger partial charge is 0.349 e. The Morgan fingerprint density at radius 2 is 2.40 bits per heavy atom. The minimum Gasteiger partial charge on any atom is -0.505 e. The number of methoxy groups -OCH3 is 1. The Kier molecular flexibility index (Phi) is 2.38. The maximum absolute atomic E-state index is 11.1. The summed E-state index contributed by atoms with van der Waals surface area (Å²) in [5.74, 6) is -0.389. The molecule has 0 aliphatic rings. The van der Waals surface area contributed by atoms with Crippen LogP contribution in [0.2, 0.25) is 0 Å². The molecule has 78 valence electrons. The summed E-state index contributed by atoms with van der Waals surface area (Å²) in [6, 6.07) is 0. The van der Waals surface area contributed by atoms with Gasteiger partial charge in [0.1, 0.15) is 4.88 Å². The van der Waals surface area contributed by atoms with Crippen LogP contribution < -0.4 is 0 Å². The number of aromatic hydroxyl groups is 1. The molecule has 0 saturated carbocycles. The second kappa shape index (κ2) is 3.70. The number of rotatable bonds is 2. The predicted molar refractivity (Wildman–Crippen MR) is 52.2 cm³/mol. The molecule has 2 heterocycles. The number of aromatic nitrogens is 3. The SMILES string of the molecule is COC(=O)c1cnc(-n2cc(O)cn2)s1. The van der Waals surface area contributed by atoms with Crippen LogP contribution in [0.15, 0.2) is 18.6 Å². The molecule has 0 unspecified atom stereocenters. The Morgan fingerprint density at radius 1 is 1.60 bits per heavy atom. The second-order valence-electron chi connectivity index (χ2n) is 2.64. The number of esters is 1. The zero-order valence-electron chi connectivity index (χ0n) is 7.75. The molecule has 0 saturated heterocycles. The minimum absolute atomic E-state index is 0.0461. The van der Waals surface area contributed by atoms with E-state index in [-0.39, 0.29) is 5.75 Å². The topological polar surface area (TPSA) is 77.2 Å². The number of carbonyl (C=O) groups is 1.